The van der Waals surface area contributed by atoms with Crippen LogP contribution in [0.15, 0.2) is 57.9 Å². The first kappa shape index (κ1) is 16.9. The van der Waals surface area contributed by atoms with Crippen LogP contribution in [-0.4, -0.2) is 18.3 Å². The van der Waals surface area contributed by atoms with Gasteiger partial charge in [0.15, 0.2) is 0 Å². The number of hydrogen-bond acceptors (Lipinski definition) is 2. The number of thioether (sulfide) groups is 1. The smallest absolute Gasteiger partial charge is 0.0406 e. The number of benzene rings is 2. The fraction of sp³-hybridized carbons (Fsp3) is 0.294. The van der Waals surface area contributed by atoms with E-state index in [1.807, 2.05) is 23.9 Å². The molecule has 0 aliphatic carbocycles. The molecule has 2 aromatic carbocycles. The molecule has 0 fully saturated rings. The molecule has 1 nitrogen and oxygen atoms in total. The van der Waals surface area contributed by atoms with Gasteiger partial charge in [-0.1, -0.05) is 46.6 Å². The summed E-state index contributed by atoms with van der Waals surface area (Å²) in [7, 11) is 0. The third-order valence-corrected chi connectivity index (χ3v) is 5.05. The summed E-state index contributed by atoms with van der Waals surface area (Å²) in [6.07, 6.45) is 1.04. The predicted octanol–water partition coefficient (Wildman–Crippen LogP) is 5.42. The Balaban J connectivity index is 1.93. The fourth-order valence-electron chi connectivity index (χ4n) is 2.15. The van der Waals surface area contributed by atoms with E-state index in [2.05, 4.69) is 64.6 Å². The highest BCUT2D eigenvalue weighted by Crippen LogP contribution is 2.22. The summed E-state index contributed by atoms with van der Waals surface area (Å²) in [5.74, 6) is 1.04. The standard InChI is InChI=1S/C17H19BrClNS/c1-2-20-16(11-13-4-3-5-14(18)10-13)12-21-17-8-6-15(19)7-9-17/h3-10,16,20H,2,11-12H2,1H3. The first-order valence-corrected chi connectivity index (χ1v) is 9.19. The molecule has 0 aromatic heterocycles. The topological polar surface area (TPSA) is 12.0 Å². The summed E-state index contributed by atoms with van der Waals surface area (Å²) in [6.45, 7) is 3.14. The zero-order valence-electron chi connectivity index (χ0n) is 12.0. The monoisotopic (exact) mass is 383 g/mol. The molecule has 1 N–H and O–H groups in total. The first-order chi connectivity index (χ1) is 10.2. The molecule has 0 aliphatic rings. The van der Waals surface area contributed by atoms with Crippen LogP contribution in [0.5, 0.6) is 0 Å². The van der Waals surface area contributed by atoms with Gasteiger partial charge in [-0.2, -0.15) is 0 Å². The number of halogens is 2. The van der Waals surface area contributed by atoms with Crippen molar-refractivity contribution in [1.82, 2.24) is 5.32 Å². The number of rotatable bonds is 7. The molecule has 0 bridgehead atoms. The molecule has 0 heterocycles. The molecule has 21 heavy (non-hydrogen) atoms. The average Bonchev–Trinajstić information content (AvgIpc) is 2.47. The number of likely N-dealkylation sites (N-methyl/N-ethyl adjacent to an activating group) is 1. The maximum atomic E-state index is 5.92. The molecule has 4 heteroatoms. The van der Waals surface area contributed by atoms with E-state index in [-0.39, 0.29) is 0 Å². The highest BCUT2D eigenvalue weighted by atomic mass is 79.9. The molecule has 0 radical (unpaired) electrons. The van der Waals surface area contributed by atoms with E-state index >= 15 is 0 Å². The van der Waals surface area contributed by atoms with Crippen LogP contribution in [0.1, 0.15) is 12.5 Å². The molecule has 0 spiro atoms. The van der Waals surface area contributed by atoms with Crippen LogP contribution in [0.2, 0.25) is 5.02 Å². The van der Waals surface area contributed by atoms with E-state index in [4.69, 9.17) is 11.6 Å². The van der Waals surface area contributed by atoms with E-state index in [1.54, 1.807) is 0 Å². The first-order valence-electron chi connectivity index (χ1n) is 7.03. The SMILES string of the molecule is CCNC(CSc1ccc(Cl)cc1)Cc1cccc(Br)c1. The maximum Gasteiger partial charge on any atom is 0.0406 e. The van der Waals surface area contributed by atoms with Gasteiger partial charge in [0.1, 0.15) is 0 Å². The molecule has 0 aliphatic heterocycles. The second-order valence-corrected chi connectivity index (χ2v) is 7.30. The van der Waals surface area contributed by atoms with Crippen LogP contribution in [-0.2, 0) is 6.42 Å². The lowest BCUT2D eigenvalue weighted by molar-refractivity contribution is 0.572. The molecule has 2 rings (SSSR count). The highest BCUT2D eigenvalue weighted by Gasteiger charge is 2.09. The van der Waals surface area contributed by atoms with E-state index in [0.717, 1.165) is 28.2 Å². The Bertz CT molecular complexity index is 559. The highest BCUT2D eigenvalue weighted by molar-refractivity contribution is 9.10. The normalized spacial score (nSPS) is 12.3. The minimum Gasteiger partial charge on any atom is -0.313 e. The van der Waals surface area contributed by atoms with Crippen molar-refractivity contribution in [2.45, 2.75) is 24.3 Å². The fourth-order valence-corrected chi connectivity index (χ4v) is 3.69. The third kappa shape index (κ3) is 6.03. The van der Waals surface area contributed by atoms with E-state index in [0.29, 0.717) is 6.04 Å². The van der Waals surface area contributed by atoms with Gasteiger partial charge in [-0.25, -0.2) is 0 Å². The molecule has 0 amide bonds. The summed E-state index contributed by atoms with van der Waals surface area (Å²) in [6, 6.07) is 17.0. The second kappa shape index (κ2) is 8.84. The van der Waals surface area contributed by atoms with Gasteiger partial charge in [0.2, 0.25) is 0 Å². The number of nitrogens with one attached hydrogen (secondary N) is 1. The Hall–Kier alpha value is -0.480. The quantitative estimate of drug-likeness (QED) is 0.640. The summed E-state index contributed by atoms with van der Waals surface area (Å²) in [4.78, 5) is 1.26. The minimum atomic E-state index is 0.463. The molecule has 1 atom stereocenters. The van der Waals surface area contributed by atoms with Gasteiger partial charge in [0.05, 0.1) is 0 Å². The van der Waals surface area contributed by atoms with Crippen molar-refractivity contribution >= 4 is 39.3 Å². The Labute approximate surface area is 144 Å². The van der Waals surface area contributed by atoms with Crippen LogP contribution in [0.3, 0.4) is 0 Å². The lowest BCUT2D eigenvalue weighted by Crippen LogP contribution is -2.33. The van der Waals surface area contributed by atoms with Crippen molar-refractivity contribution in [1.29, 1.82) is 0 Å². The lowest BCUT2D eigenvalue weighted by atomic mass is 10.1. The summed E-state index contributed by atoms with van der Waals surface area (Å²) in [5, 5.41) is 4.36. The van der Waals surface area contributed by atoms with Gasteiger partial charge in [-0.05, 0) is 54.9 Å². The predicted molar refractivity (Wildman–Crippen MR) is 97.5 cm³/mol. The van der Waals surface area contributed by atoms with Crippen LogP contribution < -0.4 is 5.32 Å². The lowest BCUT2D eigenvalue weighted by Gasteiger charge is -2.18. The Morgan fingerprint density at radius 3 is 2.62 bits per heavy atom. The number of hydrogen-bond donors (Lipinski definition) is 1. The van der Waals surface area contributed by atoms with Crippen molar-refractivity contribution in [3.05, 3.63) is 63.6 Å². The average molecular weight is 385 g/mol. The van der Waals surface area contributed by atoms with E-state index in [1.165, 1.54) is 10.5 Å². The second-order valence-electron chi connectivity index (χ2n) is 4.85. The zero-order chi connectivity index (χ0) is 15.1. The third-order valence-electron chi connectivity index (χ3n) is 3.13. The van der Waals surface area contributed by atoms with Crippen molar-refractivity contribution in [3.63, 3.8) is 0 Å². The van der Waals surface area contributed by atoms with Crippen LogP contribution >= 0.6 is 39.3 Å². The van der Waals surface area contributed by atoms with Crippen molar-refractivity contribution < 1.29 is 0 Å². The molecule has 112 valence electrons. The van der Waals surface area contributed by atoms with Gasteiger partial charge >= 0.3 is 0 Å². The molecule has 2 aromatic rings. The summed E-state index contributed by atoms with van der Waals surface area (Å²) < 4.78 is 1.14. The van der Waals surface area contributed by atoms with Crippen molar-refractivity contribution in [2.75, 3.05) is 12.3 Å². The van der Waals surface area contributed by atoms with Crippen LogP contribution in [0.4, 0.5) is 0 Å². The van der Waals surface area contributed by atoms with Gasteiger partial charge in [0.25, 0.3) is 0 Å². The van der Waals surface area contributed by atoms with Crippen molar-refractivity contribution in [2.24, 2.45) is 0 Å². The molecule has 0 saturated heterocycles. The van der Waals surface area contributed by atoms with Crippen LogP contribution in [0, 0.1) is 0 Å². The Morgan fingerprint density at radius 2 is 1.95 bits per heavy atom. The molecular formula is C17H19BrClNS. The zero-order valence-corrected chi connectivity index (χ0v) is 15.1. The van der Waals surface area contributed by atoms with Crippen LogP contribution in [0.25, 0.3) is 0 Å². The summed E-state index contributed by atoms with van der Waals surface area (Å²) in [5.41, 5.74) is 1.35. The molecule has 0 saturated carbocycles. The minimum absolute atomic E-state index is 0.463. The maximum absolute atomic E-state index is 5.92. The van der Waals surface area contributed by atoms with Gasteiger partial charge in [0, 0.05) is 26.2 Å². The summed E-state index contributed by atoms with van der Waals surface area (Å²) >= 11 is 11.3. The van der Waals surface area contributed by atoms with E-state index in [9.17, 15) is 0 Å². The van der Waals surface area contributed by atoms with Crippen molar-refractivity contribution in [3.8, 4) is 0 Å². The largest absolute Gasteiger partial charge is 0.313 e. The van der Waals surface area contributed by atoms with E-state index < -0.39 is 0 Å². The Kier molecular flexibility index (Phi) is 7.11. The van der Waals surface area contributed by atoms with Gasteiger partial charge < -0.3 is 5.32 Å². The Morgan fingerprint density at radius 1 is 1.19 bits per heavy atom. The van der Waals surface area contributed by atoms with Gasteiger partial charge in [-0.3, -0.25) is 0 Å². The molecule has 1 unspecified atom stereocenters. The van der Waals surface area contributed by atoms with Gasteiger partial charge in [-0.15, -0.1) is 11.8 Å². The molecular weight excluding hydrogens is 366 g/mol.